The van der Waals surface area contributed by atoms with Crippen LogP contribution in [0.1, 0.15) is 16.7 Å². The zero-order valence-electron chi connectivity index (χ0n) is 9.63. The van der Waals surface area contributed by atoms with E-state index in [9.17, 15) is 0 Å². The largest absolute Gasteiger partial charge is 0.392 e. The summed E-state index contributed by atoms with van der Waals surface area (Å²) in [6.07, 6.45) is 3.63. The predicted octanol–water partition coefficient (Wildman–Crippen LogP) is 1.86. The molecule has 0 radical (unpaired) electrons. The molecular weight excluding hydrogens is 212 g/mol. The minimum Gasteiger partial charge on any atom is -0.392 e. The van der Waals surface area contributed by atoms with E-state index < -0.39 is 0 Å². The average Bonchev–Trinajstić information content (AvgIpc) is 2.40. The summed E-state index contributed by atoms with van der Waals surface area (Å²) in [7, 11) is 0. The molecule has 0 spiro atoms. The van der Waals surface area contributed by atoms with Crippen molar-refractivity contribution in [3.8, 4) is 0 Å². The number of rotatable bonds is 5. The molecule has 0 saturated heterocycles. The Morgan fingerprint density at radius 3 is 2.53 bits per heavy atom. The Morgan fingerprint density at radius 1 is 1.00 bits per heavy atom. The first-order chi connectivity index (χ1) is 8.38. The molecule has 3 heteroatoms. The van der Waals surface area contributed by atoms with Crippen LogP contribution in [0.5, 0.6) is 0 Å². The first-order valence-electron chi connectivity index (χ1n) is 5.67. The molecule has 0 amide bonds. The third-order valence-corrected chi connectivity index (χ3v) is 2.56. The standard InChI is InChI=1S/C14H16N2O/c17-11-13-4-1-3-12(7-13)8-16-10-14-5-2-6-15-9-14/h1-7,9,16-17H,8,10-11H2. The van der Waals surface area contributed by atoms with E-state index in [0.717, 1.165) is 18.7 Å². The van der Waals surface area contributed by atoms with Crippen LogP contribution >= 0.6 is 0 Å². The van der Waals surface area contributed by atoms with Crippen molar-refractivity contribution in [2.75, 3.05) is 0 Å². The highest BCUT2D eigenvalue weighted by Crippen LogP contribution is 2.05. The van der Waals surface area contributed by atoms with Gasteiger partial charge in [0.15, 0.2) is 0 Å². The molecule has 1 heterocycles. The van der Waals surface area contributed by atoms with Gasteiger partial charge in [-0.25, -0.2) is 0 Å². The highest BCUT2D eigenvalue weighted by molar-refractivity contribution is 5.22. The molecule has 2 aromatic rings. The molecule has 17 heavy (non-hydrogen) atoms. The zero-order valence-corrected chi connectivity index (χ0v) is 9.63. The maximum absolute atomic E-state index is 9.04. The van der Waals surface area contributed by atoms with Crippen LogP contribution in [0.15, 0.2) is 48.8 Å². The Hall–Kier alpha value is -1.71. The summed E-state index contributed by atoms with van der Waals surface area (Å²) in [6, 6.07) is 11.9. The van der Waals surface area contributed by atoms with Gasteiger partial charge < -0.3 is 10.4 Å². The van der Waals surface area contributed by atoms with Crippen LogP contribution in [0, 0.1) is 0 Å². The number of aromatic nitrogens is 1. The SMILES string of the molecule is OCc1cccc(CNCc2cccnc2)c1. The first-order valence-corrected chi connectivity index (χ1v) is 5.67. The van der Waals surface area contributed by atoms with E-state index in [4.69, 9.17) is 5.11 Å². The van der Waals surface area contributed by atoms with Crippen LogP contribution in [0.3, 0.4) is 0 Å². The fraction of sp³-hybridized carbons (Fsp3) is 0.214. The van der Waals surface area contributed by atoms with Gasteiger partial charge in [-0.1, -0.05) is 30.3 Å². The van der Waals surface area contributed by atoms with Crippen LogP contribution in [0.2, 0.25) is 0 Å². The van der Waals surface area contributed by atoms with Gasteiger partial charge in [0.2, 0.25) is 0 Å². The number of aliphatic hydroxyl groups excluding tert-OH is 1. The van der Waals surface area contributed by atoms with Gasteiger partial charge in [-0.15, -0.1) is 0 Å². The number of aliphatic hydroxyl groups is 1. The molecule has 3 nitrogen and oxygen atoms in total. The molecule has 0 aliphatic heterocycles. The molecule has 0 unspecified atom stereocenters. The van der Waals surface area contributed by atoms with Crippen molar-refractivity contribution in [2.45, 2.75) is 19.7 Å². The zero-order chi connectivity index (χ0) is 11.9. The molecular formula is C14H16N2O. The minimum atomic E-state index is 0.0937. The third-order valence-electron chi connectivity index (χ3n) is 2.56. The molecule has 0 bridgehead atoms. The van der Waals surface area contributed by atoms with E-state index in [0.29, 0.717) is 0 Å². The van der Waals surface area contributed by atoms with Crippen molar-refractivity contribution >= 4 is 0 Å². The summed E-state index contributed by atoms with van der Waals surface area (Å²) in [5, 5.41) is 12.4. The Bertz CT molecular complexity index is 457. The third kappa shape index (κ3) is 3.66. The Labute approximate surface area is 101 Å². The Balaban J connectivity index is 1.86. The van der Waals surface area contributed by atoms with Gasteiger partial charge in [-0.05, 0) is 22.8 Å². The molecule has 1 aromatic carbocycles. The average molecular weight is 228 g/mol. The van der Waals surface area contributed by atoms with Crippen molar-refractivity contribution < 1.29 is 5.11 Å². The fourth-order valence-electron chi connectivity index (χ4n) is 1.69. The lowest BCUT2D eigenvalue weighted by molar-refractivity contribution is 0.281. The van der Waals surface area contributed by atoms with Gasteiger partial charge in [-0.2, -0.15) is 0 Å². The number of benzene rings is 1. The first kappa shape index (κ1) is 11.8. The number of nitrogens with one attached hydrogen (secondary N) is 1. The van der Waals surface area contributed by atoms with Crippen LogP contribution in [0.4, 0.5) is 0 Å². The van der Waals surface area contributed by atoms with Crippen molar-refractivity contribution in [1.82, 2.24) is 10.3 Å². The lowest BCUT2D eigenvalue weighted by atomic mass is 10.1. The van der Waals surface area contributed by atoms with E-state index in [1.165, 1.54) is 11.1 Å². The van der Waals surface area contributed by atoms with Crippen molar-refractivity contribution in [1.29, 1.82) is 0 Å². The predicted molar refractivity (Wildman–Crippen MR) is 67.1 cm³/mol. The van der Waals surface area contributed by atoms with E-state index in [1.807, 2.05) is 36.5 Å². The van der Waals surface area contributed by atoms with Crippen molar-refractivity contribution in [3.05, 3.63) is 65.5 Å². The fourth-order valence-corrected chi connectivity index (χ4v) is 1.69. The summed E-state index contributed by atoms with van der Waals surface area (Å²) in [5.41, 5.74) is 3.30. The molecule has 0 atom stereocenters. The van der Waals surface area contributed by atoms with Crippen molar-refractivity contribution in [2.24, 2.45) is 0 Å². The van der Waals surface area contributed by atoms with E-state index in [-0.39, 0.29) is 6.61 Å². The highest BCUT2D eigenvalue weighted by atomic mass is 16.3. The molecule has 88 valence electrons. The van der Waals surface area contributed by atoms with Crippen LogP contribution < -0.4 is 5.32 Å². The molecule has 0 aliphatic rings. The second-order valence-corrected chi connectivity index (χ2v) is 3.94. The maximum Gasteiger partial charge on any atom is 0.0681 e. The van der Waals surface area contributed by atoms with Crippen molar-refractivity contribution in [3.63, 3.8) is 0 Å². The summed E-state index contributed by atoms with van der Waals surface area (Å²) in [5.74, 6) is 0. The van der Waals surface area contributed by atoms with Gasteiger partial charge in [0.05, 0.1) is 6.61 Å². The van der Waals surface area contributed by atoms with Gasteiger partial charge in [0.25, 0.3) is 0 Å². The minimum absolute atomic E-state index is 0.0937. The number of hydrogen-bond acceptors (Lipinski definition) is 3. The number of nitrogens with zero attached hydrogens (tertiary/aromatic N) is 1. The van der Waals surface area contributed by atoms with Gasteiger partial charge in [0, 0.05) is 25.5 Å². The second kappa shape index (κ2) is 6.13. The Kier molecular flexibility index (Phi) is 4.24. The smallest absolute Gasteiger partial charge is 0.0681 e. The van der Waals surface area contributed by atoms with Gasteiger partial charge in [-0.3, -0.25) is 4.98 Å². The quantitative estimate of drug-likeness (QED) is 0.821. The summed E-state index contributed by atoms with van der Waals surface area (Å²) in [4.78, 5) is 4.06. The molecule has 0 aliphatic carbocycles. The normalized spacial score (nSPS) is 10.4. The molecule has 1 aromatic heterocycles. The number of hydrogen-bond donors (Lipinski definition) is 2. The molecule has 2 N–H and O–H groups in total. The van der Waals surface area contributed by atoms with Crippen LogP contribution in [-0.4, -0.2) is 10.1 Å². The topological polar surface area (TPSA) is 45.1 Å². The van der Waals surface area contributed by atoms with Gasteiger partial charge in [0.1, 0.15) is 0 Å². The van der Waals surface area contributed by atoms with Crippen LogP contribution in [-0.2, 0) is 19.7 Å². The molecule has 0 fully saturated rings. The lowest BCUT2D eigenvalue weighted by Gasteiger charge is -2.06. The van der Waals surface area contributed by atoms with Gasteiger partial charge >= 0.3 is 0 Å². The maximum atomic E-state index is 9.04. The second-order valence-electron chi connectivity index (χ2n) is 3.94. The lowest BCUT2D eigenvalue weighted by Crippen LogP contribution is -2.12. The number of pyridine rings is 1. The highest BCUT2D eigenvalue weighted by Gasteiger charge is 1.96. The summed E-state index contributed by atoms with van der Waals surface area (Å²) < 4.78 is 0. The van der Waals surface area contributed by atoms with Crippen LogP contribution in [0.25, 0.3) is 0 Å². The monoisotopic (exact) mass is 228 g/mol. The molecule has 2 rings (SSSR count). The van der Waals surface area contributed by atoms with E-state index >= 15 is 0 Å². The molecule has 0 saturated carbocycles. The van der Waals surface area contributed by atoms with E-state index in [1.54, 1.807) is 6.20 Å². The van der Waals surface area contributed by atoms with E-state index in [2.05, 4.69) is 16.4 Å². The Morgan fingerprint density at radius 2 is 1.76 bits per heavy atom. The summed E-state index contributed by atoms with van der Waals surface area (Å²) >= 11 is 0. The summed E-state index contributed by atoms with van der Waals surface area (Å²) in [6.45, 7) is 1.69.